The molecule has 0 radical (unpaired) electrons. The van der Waals surface area contributed by atoms with Crippen molar-refractivity contribution in [1.82, 2.24) is 4.98 Å². The van der Waals surface area contributed by atoms with Gasteiger partial charge in [0.05, 0.1) is 7.11 Å². The van der Waals surface area contributed by atoms with Crippen molar-refractivity contribution in [2.24, 2.45) is 0 Å². The summed E-state index contributed by atoms with van der Waals surface area (Å²) in [6.45, 7) is 0. The third kappa shape index (κ3) is 2.17. The van der Waals surface area contributed by atoms with Gasteiger partial charge >= 0.3 is 0 Å². The van der Waals surface area contributed by atoms with Crippen molar-refractivity contribution in [2.75, 3.05) is 7.11 Å². The van der Waals surface area contributed by atoms with Gasteiger partial charge in [-0.05, 0) is 17.7 Å². The highest BCUT2D eigenvalue weighted by atomic mass is 35.5. The molecule has 0 fully saturated rings. The third-order valence-corrected chi connectivity index (χ3v) is 3.37. The fourth-order valence-corrected chi connectivity index (χ4v) is 2.22. The second kappa shape index (κ2) is 4.94. The second-order valence-electron chi connectivity index (χ2n) is 4.13. The van der Waals surface area contributed by atoms with Crippen LogP contribution in [0.5, 0.6) is 5.75 Å². The number of nitrogens with zero attached hydrogens (tertiary/aromatic N) is 1. The first-order valence-corrected chi connectivity index (χ1v) is 6.35. The van der Waals surface area contributed by atoms with Crippen LogP contribution in [-0.4, -0.2) is 12.1 Å². The zero-order valence-corrected chi connectivity index (χ0v) is 11.1. The van der Waals surface area contributed by atoms with Crippen LogP contribution < -0.4 is 4.74 Å². The first-order valence-electron chi connectivity index (χ1n) is 5.92. The lowest BCUT2D eigenvalue weighted by Crippen LogP contribution is -1.92. The molecule has 0 spiro atoms. The summed E-state index contributed by atoms with van der Waals surface area (Å²) in [5, 5.41) is -0.404. The minimum atomic E-state index is -0.404. The Hall–Kier alpha value is -2.00. The quantitative estimate of drug-likeness (QED) is 0.672. The molecule has 1 atom stereocenters. The maximum Gasteiger partial charge on any atom is 0.218 e. The molecule has 0 aliphatic carbocycles. The number of ether oxygens (including phenoxy) is 1. The minimum absolute atomic E-state index is 0.404. The average Bonchev–Trinajstić information content (AvgIpc) is 2.91. The van der Waals surface area contributed by atoms with Gasteiger partial charge in [0.15, 0.2) is 11.1 Å². The summed E-state index contributed by atoms with van der Waals surface area (Å²) in [4.78, 5) is 4.44. The summed E-state index contributed by atoms with van der Waals surface area (Å²) in [6, 6.07) is 15.3. The lowest BCUT2D eigenvalue weighted by Gasteiger charge is -2.04. The van der Waals surface area contributed by atoms with E-state index in [1.165, 1.54) is 0 Å². The van der Waals surface area contributed by atoms with E-state index in [4.69, 9.17) is 20.8 Å². The van der Waals surface area contributed by atoms with Gasteiger partial charge in [-0.3, -0.25) is 0 Å². The van der Waals surface area contributed by atoms with E-state index in [9.17, 15) is 0 Å². The Kier molecular flexibility index (Phi) is 3.13. The summed E-state index contributed by atoms with van der Waals surface area (Å²) in [5.74, 6) is 1.16. The zero-order valence-electron chi connectivity index (χ0n) is 10.3. The first kappa shape index (κ1) is 12.1. The lowest BCUT2D eigenvalue weighted by molar-refractivity contribution is 0.419. The Labute approximate surface area is 115 Å². The molecule has 0 saturated carbocycles. The van der Waals surface area contributed by atoms with Crippen LogP contribution in [0, 0.1) is 0 Å². The smallest absolute Gasteiger partial charge is 0.218 e. The number of para-hydroxylation sites is 1. The zero-order chi connectivity index (χ0) is 13.2. The Morgan fingerprint density at radius 3 is 2.63 bits per heavy atom. The van der Waals surface area contributed by atoms with Gasteiger partial charge in [-0.1, -0.05) is 36.4 Å². The number of hydrogen-bond donors (Lipinski definition) is 0. The number of aromatic nitrogens is 1. The predicted octanol–water partition coefficient (Wildman–Crippen LogP) is 4.16. The highest BCUT2D eigenvalue weighted by Gasteiger charge is 2.18. The van der Waals surface area contributed by atoms with Crippen molar-refractivity contribution < 1.29 is 9.15 Å². The molecule has 0 saturated heterocycles. The summed E-state index contributed by atoms with van der Waals surface area (Å²) >= 11 is 6.40. The van der Waals surface area contributed by atoms with Crippen LogP contribution in [0.1, 0.15) is 16.8 Å². The van der Waals surface area contributed by atoms with Gasteiger partial charge in [0, 0.05) is 0 Å². The summed E-state index contributed by atoms with van der Waals surface area (Å²) in [5.41, 5.74) is 2.33. The van der Waals surface area contributed by atoms with Gasteiger partial charge in [-0.15, -0.1) is 11.6 Å². The van der Waals surface area contributed by atoms with Crippen LogP contribution in [0.25, 0.3) is 11.1 Å². The Balaban J connectivity index is 2.06. The van der Waals surface area contributed by atoms with E-state index in [0.29, 0.717) is 22.7 Å². The molecule has 3 aromatic rings. The molecule has 4 heteroatoms. The first-order chi connectivity index (χ1) is 9.29. The molecule has 0 bridgehead atoms. The summed E-state index contributed by atoms with van der Waals surface area (Å²) < 4.78 is 11.0. The van der Waals surface area contributed by atoms with Crippen molar-refractivity contribution in [3.8, 4) is 5.75 Å². The predicted molar refractivity (Wildman–Crippen MR) is 74.7 cm³/mol. The highest BCUT2D eigenvalue weighted by Crippen LogP contribution is 2.33. The van der Waals surface area contributed by atoms with Gasteiger partial charge in [-0.2, -0.15) is 0 Å². The summed E-state index contributed by atoms with van der Waals surface area (Å²) in [7, 11) is 1.61. The van der Waals surface area contributed by atoms with Crippen LogP contribution >= 0.6 is 11.6 Å². The monoisotopic (exact) mass is 273 g/mol. The number of benzene rings is 2. The van der Waals surface area contributed by atoms with E-state index in [-0.39, 0.29) is 0 Å². The third-order valence-electron chi connectivity index (χ3n) is 2.93. The molecule has 96 valence electrons. The Morgan fingerprint density at radius 2 is 1.89 bits per heavy atom. The number of halogens is 1. The van der Waals surface area contributed by atoms with E-state index >= 15 is 0 Å². The number of fused-ring (bicyclic) bond motifs is 1. The number of oxazole rings is 1. The molecule has 1 heterocycles. The van der Waals surface area contributed by atoms with Crippen LogP contribution in [0.15, 0.2) is 52.9 Å². The van der Waals surface area contributed by atoms with Gasteiger partial charge in [0.1, 0.15) is 11.1 Å². The topological polar surface area (TPSA) is 35.3 Å². The van der Waals surface area contributed by atoms with Gasteiger partial charge in [0.25, 0.3) is 0 Å². The molecule has 1 aromatic heterocycles. The molecule has 1 unspecified atom stereocenters. The Morgan fingerprint density at radius 1 is 1.11 bits per heavy atom. The molecule has 0 N–H and O–H groups in total. The second-order valence-corrected chi connectivity index (χ2v) is 4.57. The molecule has 3 rings (SSSR count). The molecule has 3 nitrogen and oxygen atoms in total. The number of alkyl halides is 1. The number of methoxy groups -OCH3 is 1. The molecule has 0 aliphatic heterocycles. The molecule has 0 aliphatic rings. The van der Waals surface area contributed by atoms with Crippen molar-refractivity contribution in [3.63, 3.8) is 0 Å². The van der Waals surface area contributed by atoms with Crippen LogP contribution in [-0.2, 0) is 0 Å². The van der Waals surface area contributed by atoms with Gasteiger partial charge < -0.3 is 9.15 Å². The van der Waals surface area contributed by atoms with Crippen molar-refractivity contribution >= 4 is 22.7 Å². The maximum absolute atomic E-state index is 6.40. The van der Waals surface area contributed by atoms with E-state index in [0.717, 1.165) is 5.56 Å². The van der Waals surface area contributed by atoms with Crippen molar-refractivity contribution in [3.05, 3.63) is 60.0 Å². The number of hydrogen-bond acceptors (Lipinski definition) is 3. The molecular formula is C15H12ClNO2. The van der Waals surface area contributed by atoms with Crippen LogP contribution in [0.4, 0.5) is 0 Å². The van der Waals surface area contributed by atoms with E-state index in [2.05, 4.69) is 4.98 Å². The van der Waals surface area contributed by atoms with Gasteiger partial charge in [-0.25, -0.2) is 4.98 Å². The normalized spacial score (nSPS) is 12.5. The largest absolute Gasteiger partial charge is 0.494 e. The van der Waals surface area contributed by atoms with E-state index in [1.807, 2.05) is 48.5 Å². The molecular weight excluding hydrogens is 262 g/mol. The average molecular weight is 274 g/mol. The van der Waals surface area contributed by atoms with Crippen LogP contribution in [0.3, 0.4) is 0 Å². The van der Waals surface area contributed by atoms with Gasteiger partial charge in [0.2, 0.25) is 5.89 Å². The highest BCUT2D eigenvalue weighted by molar-refractivity contribution is 6.22. The molecule has 2 aromatic carbocycles. The molecule has 19 heavy (non-hydrogen) atoms. The molecule has 0 amide bonds. The van der Waals surface area contributed by atoms with Crippen molar-refractivity contribution in [2.45, 2.75) is 5.38 Å². The fraction of sp³-hybridized carbons (Fsp3) is 0.133. The van der Waals surface area contributed by atoms with Crippen LogP contribution in [0.2, 0.25) is 0 Å². The number of rotatable bonds is 3. The fourth-order valence-electron chi connectivity index (χ4n) is 1.98. The van der Waals surface area contributed by atoms with E-state index in [1.54, 1.807) is 7.11 Å². The maximum atomic E-state index is 6.40. The van der Waals surface area contributed by atoms with E-state index < -0.39 is 5.38 Å². The lowest BCUT2D eigenvalue weighted by atomic mass is 10.1. The SMILES string of the molecule is COc1cccc2oc(C(Cl)c3ccccc3)nc12. The van der Waals surface area contributed by atoms with Crippen molar-refractivity contribution in [1.29, 1.82) is 0 Å². The standard InChI is InChI=1S/C15H12ClNO2/c1-18-11-8-5-9-12-14(11)17-15(19-12)13(16)10-6-3-2-4-7-10/h2-9,13H,1H3. The minimum Gasteiger partial charge on any atom is -0.494 e. The Bertz CT molecular complexity index is 694. The summed E-state index contributed by atoms with van der Waals surface area (Å²) in [6.07, 6.45) is 0.